The molecule has 0 bridgehead atoms. The van der Waals surface area contributed by atoms with Gasteiger partial charge in [0.05, 0.1) is 12.0 Å². The molecule has 0 aliphatic carbocycles. The van der Waals surface area contributed by atoms with Crippen molar-refractivity contribution < 1.29 is 22.7 Å². The van der Waals surface area contributed by atoms with Gasteiger partial charge in [-0.1, -0.05) is 0 Å². The zero-order valence-corrected chi connectivity index (χ0v) is 18.8. The van der Waals surface area contributed by atoms with Crippen LogP contribution in [0.3, 0.4) is 0 Å². The number of methoxy groups -OCH3 is 1. The molecule has 0 radical (unpaired) electrons. The van der Waals surface area contributed by atoms with Crippen LogP contribution < -0.4 is 15.0 Å². The number of hydrogen-bond donors (Lipinski definition) is 1. The van der Waals surface area contributed by atoms with Crippen molar-refractivity contribution in [3.63, 3.8) is 0 Å². The molecule has 2 saturated heterocycles. The van der Waals surface area contributed by atoms with E-state index in [1.54, 1.807) is 60.5 Å². The van der Waals surface area contributed by atoms with Crippen LogP contribution in [-0.2, 0) is 19.6 Å². The van der Waals surface area contributed by atoms with Crippen molar-refractivity contribution in [3.05, 3.63) is 48.5 Å². The van der Waals surface area contributed by atoms with Gasteiger partial charge >= 0.3 is 0 Å². The van der Waals surface area contributed by atoms with Crippen LogP contribution in [0.5, 0.6) is 5.75 Å². The molecule has 0 spiro atoms. The lowest BCUT2D eigenvalue weighted by atomic mass is 9.97. The van der Waals surface area contributed by atoms with Crippen molar-refractivity contribution in [2.75, 3.05) is 37.0 Å². The molecule has 9 heteroatoms. The summed E-state index contributed by atoms with van der Waals surface area (Å²) >= 11 is 0. The van der Waals surface area contributed by atoms with Gasteiger partial charge in [-0.05, 0) is 67.8 Å². The van der Waals surface area contributed by atoms with E-state index >= 15 is 0 Å². The number of benzene rings is 2. The minimum atomic E-state index is -3.65. The number of carbonyl (C=O) groups excluding carboxylic acids is 2. The van der Waals surface area contributed by atoms with Gasteiger partial charge in [-0.3, -0.25) is 9.59 Å². The van der Waals surface area contributed by atoms with Crippen molar-refractivity contribution in [2.45, 2.75) is 30.6 Å². The van der Waals surface area contributed by atoms with Crippen LogP contribution in [0.4, 0.5) is 11.4 Å². The SMILES string of the molecule is COc1ccc(NC(=O)C2CCN(S(=O)(=O)c3ccc(N4CCCC4=O)cc3)CC2)cc1. The van der Waals surface area contributed by atoms with Crippen molar-refractivity contribution in [1.29, 1.82) is 0 Å². The van der Waals surface area contributed by atoms with Crippen LogP contribution in [0.25, 0.3) is 0 Å². The Balaban J connectivity index is 1.35. The molecule has 8 nitrogen and oxygen atoms in total. The molecule has 1 N–H and O–H groups in total. The molecule has 170 valence electrons. The van der Waals surface area contributed by atoms with E-state index in [0.29, 0.717) is 37.2 Å². The lowest BCUT2D eigenvalue weighted by molar-refractivity contribution is -0.121. The number of sulfonamides is 1. The monoisotopic (exact) mass is 457 g/mol. The molecular weight excluding hydrogens is 430 g/mol. The van der Waals surface area contributed by atoms with Gasteiger partial charge in [0.25, 0.3) is 0 Å². The molecule has 2 aromatic rings. The molecule has 0 saturated carbocycles. The first kappa shape index (κ1) is 22.3. The third kappa shape index (κ3) is 4.63. The Hall–Kier alpha value is -2.91. The summed E-state index contributed by atoms with van der Waals surface area (Å²) < 4.78 is 32.6. The molecule has 2 aromatic carbocycles. The van der Waals surface area contributed by atoms with Gasteiger partial charge in [-0.15, -0.1) is 0 Å². The van der Waals surface area contributed by atoms with E-state index in [-0.39, 0.29) is 35.7 Å². The van der Waals surface area contributed by atoms with Gasteiger partial charge in [0, 0.05) is 43.3 Å². The Morgan fingerprint density at radius 3 is 2.22 bits per heavy atom. The maximum absolute atomic E-state index is 13.0. The molecule has 4 rings (SSSR count). The van der Waals surface area contributed by atoms with Crippen molar-refractivity contribution in [1.82, 2.24) is 4.31 Å². The molecule has 2 amide bonds. The van der Waals surface area contributed by atoms with E-state index in [1.165, 1.54) is 4.31 Å². The minimum Gasteiger partial charge on any atom is -0.497 e. The highest BCUT2D eigenvalue weighted by atomic mass is 32.2. The summed E-state index contributed by atoms with van der Waals surface area (Å²) in [6, 6.07) is 13.6. The van der Waals surface area contributed by atoms with Gasteiger partial charge in [-0.25, -0.2) is 8.42 Å². The van der Waals surface area contributed by atoms with Gasteiger partial charge < -0.3 is 15.0 Å². The molecule has 0 aromatic heterocycles. The van der Waals surface area contributed by atoms with Gasteiger partial charge in [0.1, 0.15) is 5.75 Å². The Morgan fingerprint density at radius 2 is 1.66 bits per heavy atom. The molecule has 2 fully saturated rings. The Bertz CT molecular complexity index is 1080. The van der Waals surface area contributed by atoms with Crippen LogP contribution in [0, 0.1) is 5.92 Å². The highest BCUT2D eigenvalue weighted by Crippen LogP contribution is 2.28. The lowest BCUT2D eigenvalue weighted by Crippen LogP contribution is -2.41. The molecule has 0 unspecified atom stereocenters. The summed E-state index contributed by atoms with van der Waals surface area (Å²) in [5.41, 5.74) is 1.41. The minimum absolute atomic E-state index is 0.0654. The second-order valence-corrected chi connectivity index (χ2v) is 9.98. The highest BCUT2D eigenvalue weighted by Gasteiger charge is 2.32. The number of ether oxygens (including phenoxy) is 1. The van der Waals surface area contributed by atoms with E-state index in [0.717, 1.165) is 12.1 Å². The average molecular weight is 458 g/mol. The molecule has 0 atom stereocenters. The molecular formula is C23H27N3O5S. The number of amides is 2. The first-order valence-electron chi connectivity index (χ1n) is 10.7. The average Bonchev–Trinajstić information content (AvgIpc) is 3.25. The summed E-state index contributed by atoms with van der Waals surface area (Å²) in [6.45, 7) is 1.24. The number of piperidine rings is 1. The van der Waals surface area contributed by atoms with Crippen LogP contribution in [0.15, 0.2) is 53.4 Å². The molecule has 2 heterocycles. The van der Waals surface area contributed by atoms with Crippen LogP contribution in [-0.4, -0.2) is 51.3 Å². The smallest absolute Gasteiger partial charge is 0.243 e. The fourth-order valence-corrected chi connectivity index (χ4v) is 5.61. The Morgan fingerprint density at radius 1 is 1.00 bits per heavy atom. The summed E-state index contributed by atoms with van der Waals surface area (Å²) in [5.74, 6) is 0.427. The zero-order chi connectivity index (χ0) is 22.7. The third-order valence-corrected chi connectivity index (χ3v) is 7.95. The molecule has 2 aliphatic rings. The van der Waals surface area contributed by atoms with E-state index in [4.69, 9.17) is 4.74 Å². The number of nitrogens with one attached hydrogen (secondary N) is 1. The largest absolute Gasteiger partial charge is 0.497 e. The predicted molar refractivity (Wildman–Crippen MR) is 121 cm³/mol. The first-order chi connectivity index (χ1) is 15.4. The fourth-order valence-electron chi connectivity index (χ4n) is 4.15. The second kappa shape index (κ2) is 9.30. The maximum atomic E-state index is 13.0. The topological polar surface area (TPSA) is 96.0 Å². The van der Waals surface area contributed by atoms with Crippen molar-refractivity contribution >= 4 is 33.2 Å². The van der Waals surface area contributed by atoms with Crippen molar-refractivity contribution in [3.8, 4) is 5.75 Å². The van der Waals surface area contributed by atoms with E-state index < -0.39 is 10.0 Å². The maximum Gasteiger partial charge on any atom is 0.243 e. The highest BCUT2D eigenvalue weighted by molar-refractivity contribution is 7.89. The van der Waals surface area contributed by atoms with E-state index in [1.807, 2.05) is 0 Å². The van der Waals surface area contributed by atoms with Crippen molar-refractivity contribution in [2.24, 2.45) is 5.92 Å². The number of nitrogens with zero attached hydrogens (tertiary/aromatic N) is 2. The van der Waals surface area contributed by atoms with Crippen LogP contribution in [0.1, 0.15) is 25.7 Å². The quantitative estimate of drug-likeness (QED) is 0.720. The molecule has 2 aliphatic heterocycles. The molecule has 32 heavy (non-hydrogen) atoms. The fraction of sp³-hybridized carbons (Fsp3) is 0.391. The van der Waals surface area contributed by atoms with Gasteiger partial charge in [-0.2, -0.15) is 4.31 Å². The van der Waals surface area contributed by atoms with E-state index in [2.05, 4.69) is 5.32 Å². The first-order valence-corrected chi connectivity index (χ1v) is 12.2. The summed E-state index contributed by atoms with van der Waals surface area (Å²) in [6.07, 6.45) is 2.27. The Kier molecular flexibility index (Phi) is 6.48. The normalized spacial score (nSPS) is 18.0. The van der Waals surface area contributed by atoms with Crippen LogP contribution in [0.2, 0.25) is 0 Å². The van der Waals surface area contributed by atoms with Gasteiger partial charge in [0.2, 0.25) is 21.8 Å². The Labute approximate surface area is 188 Å². The van der Waals surface area contributed by atoms with Gasteiger partial charge in [0.15, 0.2) is 0 Å². The lowest BCUT2D eigenvalue weighted by Gasteiger charge is -2.30. The summed E-state index contributed by atoms with van der Waals surface area (Å²) in [5, 5.41) is 2.89. The second-order valence-electron chi connectivity index (χ2n) is 8.04. The van der Waals surface area contributed by atoms with E-state index in [9.17, 15) is 18.0 Å². The van der Waals surface area contributed by atoms with Crippen LogP contribution >= 0.6 is 0 Å². The standard InChI is InChI=1S/C23H27N3O5S/c1-31-20-8-4-18(5-9-20)24-23(28)17-12-15-25(16-13-17)32(29,30)21-10-6-19(7-11-21)26-14-2-3-22(26)27/h4-11,17H,2-3,12-16H2,1H3,(H,24,28). The predicted octanol–water partition coefficient (Wildman–Crippen LogP) is 2.86. The number of carbonyl (C=O) groups is 2. The number of rotatable bonds is 6. The zero-order valence-electron chi connectivity index (χ0n) is 18.0. The third-order valence-electron chi connectivity index (χ3n) is 6.04. The summed E-state index contributed by atoms with van der Waals surface area (Å²) in [7, 11) is -2.07. The number of hydrogen-bond acceptors (Lipinski definition) is 5. The number of anilines is 2. The summed E-state index contributed by atoms with van der Waals surface area (Å²) in [4.78, 5) is 26.4.